The van der Waals surface area contributed by atoms with Crippen molar-refractivity contribution in [3.63, 3.8) is 0 Å². The zero-order chi connectivity index (χ0) is 23.8. The van der Waals surface area contributed by atoms with Crippen LogP contribution in [0.4, 0.5) is 4.79 Å². The van der Waals surface area contributed by atoms with Crippen molar-refractivity contribution in [2.24, 2.45) is 17.8 Å². The van der Waals surface area contributed by atoms with Crippen molar-refractivity contribution in [2.75, 3.05) is 19.7 Å². The summed E-state index contributed by atoms with van der Waals surface area (Å²) in [6.45, 7) is 3.25. The van der Waals surface area contributed by atoms with Crippen molar-refractivity contribution in [1.82, 2.24) is 10.2 Å². The number of carbonyl (C=O) groups excluding carboxylic acids is 2. The van der Waals surface area contributed by atoms with Crippen LogP contribution >= 0.6 is 0 Å². The SMILES string of the molecule is CC[C@H](CC(=O)N1CC[C@@H]2C(C(=O)O)[C@@H]2C1)NC(=O)OCC1c2ccccc2-c2ccccc21. The lowest BCUT2D eigenvalue weighted by Crippen LogP contribution is -2.43. The Labute approximate surface area is 199 Å². The maximum Gasteiger partial charge on any atom is 0.407 e. The van der Waals surface area contributed by atoms with Crippen molar-refractivity contribution < 1.29 is 24.2 Å². The van der Waals surface area contributed by atoms with Crippen molar-refractivity contribution >= 4 is 18.0 Å². The number of likely N-dealkylation sites (tertiary alicyclic amines) is 1. The number of carbonyl (C=O) groups is 3. The average Bonchev–Trinajstić information content (AvgIpc) is 3.49. The zero-order valence-corrected chi connectivity index (χ0v) is 19.3. The minimum absolute atomic E-state index is 0.0122. The molecule has 178 valence electrons. The molecule has 2 fully saturated rings. The summed E-state index contributed by atoms with van der Waals surface area (Å²) in [6, 6.07) is 16.0. The molecule has 2 aromatic rings. The van der Waals surface area contributed by atoms with Gasteiger partial charge in [-0.25, -0.2) is 4.79 Å². The van der Waals surface area contributed by atoms with Gasteiger partial charge in [-0.2, -0.15) is 0 Å². The van der Waals surface area contributed by atoms with E-state index in [-0.39, 0.29) is 48.6 Å². The molecular weight excluding hydrogens is 432 g/mol. The van der Waals surface area contributed by atoms with Gasteiger partial charge in [-0.3, -0.25) is 9.59 Å². The van der Waals surface area contributed by atoms with Gasteiger partial charge in [0.25, 0.3) is 0 Å². The van der Waals surface area contributed by atoms with Gasteiger partial charge >= 0.3 is 12.1 Å². The summed E-state index contributed by atoms with van der Waals surface area (Å²) < 4.78 is 5.62. The zero-order valence-electron chi connectivity index (χ0n) is 19.3. The van der Waals surface area contributed by atoms with E-state index in [1.54, 1.807) is 4.90 Å². The molecule has 4 atom stereocenters. The summed E-state index contributed by atoms with van der Waals surface area (Å²) in [5, 5.41) is 12.1. The lowest BCUT2D eigenvalue weighted by molar-refractivity contribution is -0.139. The summed E-state index contributed by atoms with van der Waals surface area (Å²) in [5.74, 6) is -0.832. The van der Waals surface area contributed by atoms with Crippen LogP contribution in [0.5, 0.6) is 0 Å². The monoisotopic (exact) mass is 462 g/mol. The van der Waals surface area contributed by atoms with E-state index < -0.39 is 12.1 Å². The molecule has 2 aromatic carbocycles. The van der Waals surface area contributed by atoms with Crippen molar-refractivity contribution in [3.8, 4) is 11.1 Å². The molecule has 0 aromatic heterocycles. The fourth-order valence-corrected chi connectivity index (χ4v) is 5.78. The lowest BCUT2D eigenvalue weighted by atomic mass is 9.98. The Morgan fingerprint density at radius 3 is 2.32 bits per heavy atom. The number of amides is 2. The van der Waals surface area contributed by atoms with Crippen molar-refractivity contribution in [2.45, 2.75) is 38.1 Å². The van der Waals surface area contributed by atoms with Crippen LogP contribution in [0.15, 0.2) is 48.5 Å². The highest BCUT2D eigenvalue weighted by Gasteiger charge is 2.57. The maximum atomic E-state index is 12.8. The Balaban J connectivity index is 1.15. The highest BCUT2D eigenvalue weighted by molar-refractivity contribution is 5.80. The standard InChI is InChI=1S/C27H30N2O5/c1-2-16(13-24(30)29-12-11-21-22(14-29)25(21)26(31)32)28-27(33)34-15-23-19-9-5-3-7-17(19)18-8-4-6-10-20(18)23/h3-10,16,21-23,25H,2,11-15H2,1H3,(H,28,33)(H,31,32)/t16-,21+,22-,25?/m1/s1. The van der Waals surface area contributed by atoms with Crippen LogP contribution in [0, 0.1) is 17.8 Å². The van der Waals surface area contributed by atoms with Crippen LogP contribution < -0.4 is 5.32 Å². The first-order valence-electron chi connectivity index (χ1n) is 12.1. The number of ether oxygens (including phenoxy) is 1. The third-order valence-corrected chi connectivity index (χ3v) is 7.71. The summed E-state index contributed by atoms with van der Waals surface area (Å²) >= 11 is 0. The molecule has 0 radical (unpaired) electrons. The van der Waals surface area contributed by atoms with Gasteiger partial charge in [0.05, 0.1) is 5.92 Å². The Bertz CT molecular complexity index is 1070. The van der Waals surface area contributed by atoms with E-state index in [0.717, 1.165) is 17.5 Å². The average molecular weight is 463 g/mol. The molecule has 1 saturated carbocycles. The summed E-state index contributed by atoms with van der Waals surface area (Å²) in [4.78, 5) is 38.5. The van der Waals surface area contributed by atoms with E-state index in [2.05, 4.69) is 29.6 Å². The summed E-state index contributed by atoms with van der Waals surface area (Å²) in [6.07, 6.45) is 1.02. The van der Waals surface area contributed by atoms with Gasteiger partial charge in [-0.1, -0.05) is 55.5 Å². The summed E-state index contributed by atoms with van der Waals surface area (Å²) in [7, 11) is 0. The Hall–Kier alpha value is -3.35. The van der Waals surface area contributed by atoms with E-state index in [0.29, 0.717) is 19.5 Å². The lowest BCUT2D eigenvalue weighted by Gasteiger charge is -2.28. The second kappa shape index (κ2) is 9.12. The van der Waals surface area contributed by atoms with Gasteiger partial charge in [0.15, 0.2) is 0 Å². The number of carboxylic acids is 1. The van der Waals surface area contributed by atoms with E-state index in [1.807, 2.05) is 31.2 Å². The highest BCUT2D eigenvalue weighted by atomic mass is 16.5. The van der Waals surface area contributed by atoms with Gasteiger partial charge in [-0.05, 0) is 46.9 Å². The second-order valence-electron chi connectivity index (χ2n) is 9.60. The first-order valence-corrected chi connectivity index (χ1v) is 12.1. The van der Waals surface area contributed by atoms with E-state index in [4.69, 9.17) is 4.74 Å². The molecule has 0 spiro atoms. The minimum atomic E-state index is -0.757. The predicted molar refractivity (Wildman–Crippen MR) is 126 cm³/mol. The van der Waals surface area contributed by atoms with Crippen LogP contribution in [0.3, 0.4) is 0 Å². The molecule has 0 bridgehead atoms. The number of nitrogens with one attached hydrogen (secondary N) is 1. The van der Waals surface area contributed by atoms with Gasteiger partial charge in [0.2, 0.25) is 5.91 Å². The van der Waals surface area contributed by atoms with E-state index in [9.17, 15) is 19.5 Å². The van der Waals surface area contributed by atoms with E-state index >= 15 is 0 Å². The number of hydrogen-bond acceptors (Lipinski definition) is 4. The topological polar surface area (TPSA) is 95.9 Å². The molecule has 2 N–H and O–H groups in total. The Morgan fingerprint density at radius 2 is 1.71 bits per heavy atom. The molecule has 3 aliphatic rings. The number of aliphatic carboxylic acids is 1. The van der Waals surface area contributed by atoms with Crippen LogP contribution in [0.2, 0.25) is 0 Å². The number of piperidine rings is 1. The fourth-order valence-electron chi connectivity index (χ4n) is 5.78. The largest absolute Gasteiger partial charge is 0.481 e. The number of rotatable bonds is 7. The maximum absolute atomic E-state index is 12.8. The second-order valence-corrected chi connectivity index (χ2v) is 9.60. The van der Waals surface area contributed by atoms with Crippen LogP contribution in [0.1, 0.15) is 43.2 Å². The number of alkyl carbamates (subject to hydrolysis) is 1. The quantitative estimate of drug-likeness (QED) is 0.651. The number of hydrogen-bond donors (Lipinski definition) is 2. The Kier molecular flexibility index (Phi) is 6.02. The van der Waals surface area contributed by atoms with Crippen LogP contribution in [0.25, 0.3) is 11.1 Å². The van der Waals surface area contributed by atoms with E-state index in [1.165, 1.54) is 11.1 Å². The fraction of sp³-hybridized carbons (Fsp3) is 0.444. The molecule has 1 aliphatic heterocycles. The van der Waals surface area contributed by atoms with Crippen LogP contribution in [-0.2, 0) is 14.3 Å². The molecular formula is C27H30N2O5. The van der Waals surface area contributed by atoms with Gasteiger partial charge in [0, 0.05) is 31.5 Å². The highest BCUT2D eigenvalue weighted by Crippen LogP contribution is 2.51. The normalized spacial score (nSPS) is 23.3. The van der Waals surface area contributed by atoms with Crippen LogP contribution in [-0.4, -0.2) is 53.7 Å². The van der Waals surface area contributed by atoms with Gasteiger partial charge in [-0.15, -0.1) is 0 Å². The molecule has 7 nitrogen and oxygen atoms in total. The third-order valence-electron chi connectivity index (χ3n) is 7.71. The number of nitrogens with zero attached hydrogens (tertiary/aromatic N) is 1. The number of fused-ring (bicyclic) bond motifs is 4. The molecule has 1 saturated heterocycles. The van der Waals surface area contributed by atoms with Gasteiger partial charge in [0.1, 0.15) is 6.61 Å². The number of carboxylic acid groups (broad SMARTS) is 1. The molecule has 34 heavy (non-hydrogen) atoms. The molecule has 2 aliphatic carbocycles. The third kappa shape index (κ3) is 4.15. The number of benzene rings is 2. The molecule has 7 heteroatoms. The first kappa shape index (κ1) is 22.4. The summed E-state index contributed by atoms with van der Waals surface area (Å²) in [5.41, 5.74) is 4.66. The molecule has 1 heterocycles. The molecule has 5 rings (SSSR count). The Morgan fingerprint density at radius 1 is 1.06 bits per heavy atom. The molecule has 1 unspecified atom stereocenters. The minimum Gasteiger partial charge on any atom is -0.481 e. The first-order chi connectivity index (χ1) is 16.5. The molecule has 2 amide bonds. The smallest absolute Gasteiger partial charge is 0.407 e. The predicted octanol–water partition coefficient (Wildman–Crippen LogP) is 3.87. The van der Waals surface area contributed by atoms with Crippen molar-refractivity contribution in [1.29, 1.82) is 0 Å². The van der Waals surface area contributed by atoms with Crippen molar-refractivity contribution in [3.05, 3.63) is 59.7 Å². The van der Waals surface area contributed by atoms with Gasteiger partial charge < -0.3 is 20.1 Å².